The van der Waals surface area contributed by atoms with Gasteiger partial charge in [-0.25, -0.2) is 4.39 Å². The van der Waals surface area contributed by atoms with E-state index >= 15 is 0 Å². The summed E-state index contributed by atoms with van der Waals surface area (Å²) in [5.74, 6) is -0.830. The van der Waals surface area contributed by atoms with E-state index in [4.69, 9.17) is 0 Å². The molecule has 1 aromatic heterocycles. The lowest BCUT2D eigenvalue weighted by molar-refractivity contribution is 0.102. The predicted molar refractivity (Wildman–Crippen MR) is 86.8 cm³/mol. The molecule has 0 aliphatic rings. The summed E-state index contributed by atoms with van der Waals surface area (Å²) in [6, 6.07) is 7.85. The molecule has 4 nitrogen and oxygen atoms in total. The number of hydrogen-bond donors (Lipinski definition) is 1. The molecule has 2 rings (SSSR count). The van der Waals surface area contributed by atoms with Crippen molar-refractivity contribution in [3.8, 4) is 0 Å². The quantitative estimate of drug-likeness (QED) is 0.884. The van der Waals surface area contributed by atoms with E-state index in [1.165, 1.54) is 18.3 Å². The van der Waals surface area contributed by atoms with Gasteiger partial charge in [0.1, 0.15) is 5.82 Å². The Hall–Kier alpha value is -2.43. The lowest BCUT2D eigenvalue weighted by Gasteiger charge is -2.19. The van der Waals surface area contributed by atoms with E-state index in [9.17, 15) is 9.18 Å². The molecular weight excluding hydrogens is 281 g/mol. The zero-order valence-electron chi connectivity index (χ0n) is 12.8. The maximum atomic E-state index is 13.6. The highest BCUT2D eigenvalue weighted by atomic mass is 19.1. The van der Waals surface area contributed by atoms with Gasteiger partial charge >= 0.3 is 0 Å². The van der Waals surface area contributed by atoms with E-state index in [-0.39, 0.29) is 11.6 Å². The molecular formula is C17H20FN3O. The Labute approximate surface area is 130 Å². The van der Waals surface area contributed by atoms with Crippen molar-refractivity contribution in [3.63, 3.8) is 0 Å². The Morgan fingerprint density at radius 1 is 1.32 bits per heavy atom. The summed E-state index contributed by atoms with van der Waals surface area (Å²) in [6.45, 7) is 3.03. The van der Waals surface area contributed by atoms with Crippen molar-refractivity contribution in [2.75, 3.05) is 23.8 Å². The topological polar surface area (TPSA) is 45.2 Å². The molecule has 0 radical (unpaired) electrons. The van der Waals surface area contributed by atoms with Gasteiger partial charge in [0.15, 0.2) is 0 Å². The van der Waals surface area contributed by atoms with Gasteiger partial charge in [0.05, 0.1) is 23.1 Å². The van der Waals surface area contributed by atoms with Crippen molar-refractivity contribution in [1.29, 1.82) is 0 Å². The molecule has 1 N–H and O–H groups in total. The minimum Gasteiger partial charge on any atom is -0.373 e. The van der Waals surface area contributed by atoms with Crippen LogP contribution in [0, 0.1) is 5.82 Å². The molecule has 0 aliphatic heterocycles. The molecule has 0 atom stereocenters. The van der Waals surface area contributed by atoms with Crippen molar-refractivity contribution in [2.24, 2.45) is 0 Å². The van der Waals surface area contributed by atoms with Crippen LogP contribution in [-0.2, 0) is 0 Å². The number of nitrogens with zero attached hydrogens (tertiary/aromatic N) is 2. The third-order valence-corrected chi connectivity index (χ3v) is 3.40. The van der Waals surface area contributed by atoms with Crippen LogP contribution < -0.4 is 10.2 Å². The Kier molecular flexibility index (Phi) is 5.47. The summed E-state index contributed by atoms with van der Waals surface area (Å²) in [6.07, 6.45) is 5.37. The summed E-state index contributed by atoms with van der Waals surface area (Å²) < 4.78 is 13.6. The highest BCUT2D eigenvalue weighted by molar-refractivity contribution is 6.04. The van der Waals surface area contributed by atoms with E-state index < -0.39 is 5.82 Å². The fourth-order valence-electron chi connectivity index (χ4n) is 2.04. The summed E-state index contributed by atoms with van der Waals surface area (Å²) in [5.41, 5.74) is 1.44. The second kappa shape index (κ2) is 7.54. The molecule has 0 unspecified atom stereocenters. The molecule has 0 aliphatic carbocycles. The predicted octanol–water partition coefficient (Wildman–Crippen LogP) is 3.71. The molecule has 0 fully saturated rings. The molecule has 1 aromatic carbocycles. The van der Waals surface area contributed by atoms with Crippen LogP contribution >= 0.6 is 0 Å². The van der Waals surface area contributed by atoms with Crippen LogP contribution in [0.5, 0.6) is 0 Å². The number of aromatic nitrogens is 1. The van der Waals surface area contributed by atoms with Crippen LogP contribution in [0.3, 0.4) is 0 Å². The number of carbonyl (C=O) groups excluding carboxylic acids is 1. The van der Waals surface area contributed by atoms with Gasteiger partial charge in [0, 0.05) is 19.8 Å². The van der Waals surface area contributed by atoms with Gasteiger partial charge in [-0.1, -0.05) is 25.5 Å². The van der Waals surface area contributed by atoms with Gasteiger partial charge in [0.2, 0.25) is 0 Å². The number of para-hydroxylation sites is 1. The number of nitrogens with one attached hydrogen (secondary N) is 1. The molecule has 0 saturated carbocycles. The zero-order valence-corrected chi connectivity index (χ0v) is 12.8. The lowest BCUT2D eigenvalue weighted by atomic mass is 10.2. The first-order chi connectivity index (χ1) is 10.6. The molecule has 0 saturated heterocycles. The monoisotopic (exact) mass is 301 g/mol. The van der Waals surface area contributed by atoms with Crippen LogP contribution in [-0.4, -0.2) is 24.5 Å². The molecule has 5 heteroatoms. The summed E-state index contributed by atoms with van der Waals surface area (Å²) in [4.78, 5) is 18.4. The lowest BCUT2D eigenvalue weighted by Crippen LogP contribution is -2.20. The molecule has 0 bridgehead atoms. The molecule has 22 heavy (non-hydrogen) atoms. The largest absolute Gasteiger partial charge is 0.373 e. The standard InChI is InChI=1S/C17H20FN3O/c1-3-4-9-21(2)14-10-13(11-19-12-14)17(22)20-16-8-6-5-7-15(16)18/h5-8,10-12H,3-4,9H2,1-2H3,(H,20,22). The third kappa shape index (κ3) is 4.04. The number of carbonyl (C=O) groups is 1. The van der Waals surface area contributed by atoms with Crippen LogP contribution in [0.4, 0.5) is 15.8 Å². The number of hydrogen-bond acceptors (Lipinski definition) is 3. The van der Waals surface area contributed by atoms with Crippen molar-refractivity contribution in [3.05, 3.63) is 54.1 Å². The average molecular weight is 301 g/mol. The molecule has 2 aromatic rings. The Morgan fingerprint density at radius 2 is 2.09 bits per heavy atom. The van der Waals surface area contributed by atoms with Crippen molar-refractivity contribution in [1.82, 2.24) is 4.98 Å². The van der Waals surface area contributed by atoms with Crippen LogP contribution in [0.2, 0.25) is 0 Å². The van der Waals surface area contributed by atoms with Crippen LogP contribution in [0.25, 0.3) is 0 Å². The van der Waals surface area contributed by atoms with E-state index in [1.54, 1.807) is 24.4 Å². The van der Waals surface area contributed by atoms with Crippen molar-refractivity contribution < 1.29 is 9.18 Å². The maximum Gasteiger partial charge on any atom is 0.257 e. The number of unbranched alkanes of at least 4 members (excludes halogenated alkanes) is 1. The first-order valence-corrected chi connectivity index (χ1v) is 7.34. The summed E-state index contributed by atoms with van der Waals surface area (Å²) in [7, 11) is 1.96. The Morgan fingerprint density at radius 3 is 2.82 bits per heavy atom. The molecule has 1 amide bonds. The first kappa shape index (κ1) is 15.9. The fraction of sp³-hybridized carbons (Fsp3) is 0.294. The minimum atomic E-state index is -0.458. The maximum absolute atomic E-state index is 13.6. The van der Waals surface area contributed by atoms with Gasteiger partial charge in [-0.2, -0.15) is 0 Å². The van der Waals surface area contributed by atoms with Crippen LogP contribution in [0.15, 0.2) is 42.7 Å². The van der Waals surface area contributed by atoms with E-state index in [2.05, 4.69) is 22.1 Å². The summed E-state index contributed by atoms with van der Waals surface area (Å²) in [5, 5.41) is 2.56. The van der Waals surface area contributed by atoms with Gasteiger partial charge in [-0.15, -0.1) is 0 Å². The first-order valence-electron chi connectivity index (χ1n) is 7.34. The van der Waals surface area contributed by atoms with Gasteiger partial charge in [0.25, 0.3) is 5.91 Å². The van der Waals surface area contributed by atoms with E-state index in [1.807, 2.05) is 7.05 Å². The van der Waals surface area contributed by atoms with Crippen molar-refractivity contribution >= 4 is 17.3 Å². The van der Waals surface area contributed by atoms with Crippen molar-refractivity contribution in [2.45, 2.75) is 19.8 Å². The second-order valence-corrected chi connectivity index (χ2v) is 5.14. The van der Waals surface area contributed by atoms with Gasteiger partial charge < -0.3 is 10.2 Å². The highest BCUT2D eigenvalue weighted by Gasteiger charge is 2.11. The Balaban J connectivity index is 2.12. The van der Waals surface area contributed by atoms with Crippen LogP contribution in [0.1, 0.15) is 30.1 Å². The Bertz CT molecular complexity index is 645. The van der Waals surface area contributed by atoms with Gasteiger partial charge in [-0.3, -0.25) is 9.78 Å². The molecule has 0 spiro atoms. The fourth-order valence-corrected chi connectivity index (χ4v) is 2.04. The third-order valence-electron chi connectivity index (χ3n) is 3.40. The number of amides is 1. The van der Waals surface area contributed by atoms with E-state index in [0.29, 0.717) is 5.56 Å². The second-order valence-electron chi connectivity index (χ2n) is 5.14. The highest BCUT2D eigenvalue weighted by Crippen LogP contribution is 2.17. The van der Waals surface area contributed by atoms with Gasteiger partial charge in [-0.05, 0) is 24.6 Å². The number of halogens is 1. The van der Waals surface area contributed by atoms with E-state index in [0.717, 1.165) is 25.1 Å². The SMILES string of the molecule is CCCCN(C)c1cncc(C(=O)Nc2ccccc2F)c1. The normalized spacial score (nSPS) is 10.3. The number of pyridine rings is 1. The zero-order chi connectivity index (χ0) is 15.9. The number of benzene rings is 1. The average Bonchev–Trinajstić information content (AvgIpc) is 2.54. The smallest absolute Gasteiger partial charge is 0.257 e. The molecule has 1 heterocycles. The summed E-state index contributed by atoms with van der Waals surface area (Å²) >= 11 is 0. The number of rotatable bonds is 6. The minimum absolute atomic E-state index is 0.164. The molecule has 116 valence electrons. The number of anilines is 2.